The highest BCUT2D eigenvalue weighted by molar-refractivity contribution is 7.11. The molecule has 2 heterocycles. The summed E-state index contributed by atoms with van der Waals surface area (Å²) in [6.07, 6.45) is 3.53. The molecule has 24 heavy (non-hydrogen) atoms. The molecule has 2 aromatic rings. The van der Waals surface area contributed by atoms with Crippen molar-refractivity contribution in [3.05, 3.63) is 45.4 Å². The maximum absolute atomic E-state index is 10.4. The Bertz CT molecular complexity index is 770. The van der Waals surface area contributed by atoms with Gasteiger partial charge in [0.15, 0.2) is 0 Å². The summed E-state index contributed by atoms with van der Waals surface area (Å²) in [5.41, 5.74) is 1.99. The number of hydrogen-bond donors (Lipinski definition) is 1. The van der Waals surface area contributed by atoms with Crippen LogP contribution in [0.2, 0.25) is 5.02 Å². The smallest absolute Gasteiger partial charge is 0.138 e. The number of thiazole rings is 1. The Kier molecular flexibility index (Phi) is 5.52. The Morgan fingerprint density at radius 1 is 1.25 bits per heavy atom. The second-order valence-electron chi connectivity index (χ2n) is 5.82. The maximum Gasteiger partial charge on any atom is 0.138 e. The van der Waals surface area contributed by atoms with Gasteiger partial charge in [0.05, 0.1) is 12.2 Å². The van der Waals surface area contributed by atoms with E-state index in [0.29, 0.717) is 16.6 Å². The second kappa shape index (κ2) is 7.80. The molecule has 0 unspecified atom stereocenters. The van der Waals surface area contributed by atoms with Crippen molar-refractivity contribution in [2.75, 3.05) is 19.6 Å². The largest absolute Gasteiger partial charge is 0.509 e. The zero-order valence-electron chi connectivity index (χ0n) is 13.2. The van der Waals surface area contributed by atoms with Crippen molar-refractivity contribution in [3.8, 4) is 17.3 Å². The summed E-state index contributed by atoms with van der Waals surface area (Å²) in [4.78, 5) is 6.70. The summed E-state index contributed by atoms with van der Waals surface area (Å²) in [6.45, 7) is 2.35. The van der Waals surface area contributed by atoms with E-state index in [1.165, 1.54) is 17.8 Å². The maximum atomic E-state index is 10.4. The van der Waals surface area contributed by atoms with Crippen molar-refractivity contribution in [1.82, 2.24) is 9.88 Å². The molecule has 0 atom stereocenters. The number of halogens is 1. The van der Waals surface area contributed by atoms with Gasteiger partial charge in [-0.05, 0) is 38.1 Å². The van der Waals surface area contributed by atoms with Crippen LogP contribution in [-0.2, 0) is 0 Å². The van der Waals surface area contributed by atoms with E-state index in [1.807, 2.05) is 29.6 Å². The van der Waals surface area contributed by atoms with E-state index in [-0.39, 0.29) is 11.3 Å². The molecule has 0 saturated carbocycles. The quantitative estimate of drug-likeness (QED) is 0.632. The van der Waals surface area contributed by atoms with Crippen LogP contribution >= 0.6 is 22.9 Å². The molecular weight excluding hydrogens is 342 g/mol. The van der Waals surface area contributed by atoms with Gasteiger partial charge in [0.1, 0.15) is 22.4 Å². The van der Waals surface area contributed by atoms with E-state index in [2.05, 4.69) is 16.0 Å². The number of nitriles is 1. The molecule has 0 aliphatic carbocycles. The number of hydrogen-bond acceptors (Lipinski definition) is 5. The fraction of sp³-hybridized carbons (Fsp3) is 0.333. The Hall–Kier alpha value is -1.87. The van der Waals surface area contributed by atoms with E-state index in [0.717, 1.165) is 37.2 Å². The first-order valence-corrected chi connectivity index (χ1v) is 9.19. The molecule has 6 heteroatoms. The van der Waals surface area contributed by atoms with Crippen LogP contribution in [0.15, 0.2) is 35.4 Å². The fourth-order valence-electron chi connectivity index (χ4n) is 2.79. The Balaban J connectivity index is 1.81. The molecule has 3 rings (SSSR count). The van der Waals surface area contributed by atoms with Crippen molar-refractivity contribution in [2.24, 2.45) is 0 Å². The Labute approximate surface area is 150 Å². The van der Waals surface area contributed by atoms with Crippen molar-refractivity contribution >= 4 is 28.5 Å². The number of rotatable bonds is 4. The van der Waals surface area contributed by atoms with Gasteiger partial charge in [-0.3, -0.25) is 4.90 Å². The van der Waals surface area contributed by atoms with Gasteiger partial charge in [-0.2, -0.15) is 5.26 Å². The Morgan fingerprint density at radius 2 is 1.96 bits per heavy atom. The SMILES string of the molecule is N#CC(=C(O)CN1CCCCC1)c1nc(-c2ccc(Cl)cc2)cs1. The highest BCUT2D eigenvalue weighted by Crippen LogP contribution is 2.28. The lowest BCUT2D eigenvalue weighted by Crippen LogP contribution is -2.31. The molecule has 1 N–H and O–H groups in total. The average Bonchev–Trinajstić information content (AvgIpc) is 3.07. The lowest BCUT2D eigenvalue weighted by Gasteiger charge is -2.26. The zero-order valence-corrected chi connectivity index (χ0v) is 14.8. The summed E-state index contributed by atoms with van der Waals surface area (Å²) in [5.74, 6) is 0.108. The van der Waals surface area contributed by atoms with Crippen LogP contribution in [0.1, 0.15) is 24.3 Å². The molecule has 4 nitrogen and oxygen atoms in total. The van der Waals surface area contributed by atoms with Crippen LogP contribution in [-0.4, -0.2) is 34.6 Å². The van der Waals surface area contributed by atoms with Crippen LogP contribution in [0, 0.1) is 11.3 Å². The van der Waals surface area contributed by atoms with Gasteiger partial charge in [0.2, 0.25) is 0 Å². The van der Waals surface area contributed by atoms with E-state index >= 15 is 0 Å². The van der Waals surface area contributed by atoms with Crippen molar-refractivity contribution in [2.45, 2.75) is 19.3 Å². The summed E-state index contributed by atoms with van der Waals surface area (Å²) in [6, 6.07) is 9.52. The number of aliphatic hydroxyl groups is 1. The number of piperidine rings is 1. The molecule has 1 aliphatic rings. The van der Waals surface area contributed by atoms with E-state index in [4.69, 9.17) is 11.6 Å². The van der Waals surface area contributed by atoms with Crippen LogP contribution in [0.3, 0.4) is 0 Å². The van der Waals surface area contributed by atoms with Gasteiger partial charge in [0, 0.05) is 16.0 Å². The van der Waals surface area contributed by atoms with Crippen LogP contribution in [0.4, 0.5) is 0 Å². The third kappa shape index (κ3) is 3.96. The van der Waals surface area contributed by atoms with E-state index in [9.17, 15) is 10.4 Å². The molecule has 0 spiro atoms. The number of nitrogens with zero attached hydrogens (tertiary/aromatic N) is 3. The van der Waals surface area contributed by atoms with Gasteiger partial charge in [-0.15, -0.1) is 11.3 Å². The van der Waals surface area contributed by atoms with Crippen molar-refractivity contribution < 1.29 is 5.11 Å². The molecule has 1 aromatic heterocycles. The molecular formula is C18H18ClN3OS. The first-order valence-electron chi connectivity index (χ1n) is 7.94. The average molecular weight is 360 g/mol. The third-order valence-electron chi connectivity index (χ3n) is 4.08. The molecule has 124 valence electrons. The highest BCUT2D eigenvalue weighted by Gasteiger charge is 2.17. The predicted octanol–water partition coefficient (Wildman–Crippen LogP) is 4.74. The van der Waals surface area contributed by atoms with Gasteiger partial charge in [-0.1, -0.05) is 30.2 Å². The number of aliphatic hydroxyl groups excluding tert-OH is 1. The summed E-state index contributed by atoms with van der Waals surface area (Å²) in [7, 11) is 0. The first kappa shape index (κ1) is 17.0. The monoisotopic (exact) mass is 359 g/mol. The van der Waals surface area contributed by atoms with Crippen LogP contribution in [0.5, 0.6) is 0 Å². The second-order valence-corrected chi connectivity index (χ2v) is 7.11. The molecule has 1 fully saturated rings. The minimum atomic E-state index is 0.108. The van der Waals surface area contributed by atoms with E-state index < -0.39 is 0 Å². The topological polar surface area (TPSA) is 60.1 Å². The lowest BCUT2D eigenvalue weighted by molar-refractivity contribution is 0.215. The minimum Gasteiger partial charge on any atom is -0.509 e. The molecule has 1 saturated heterocycles. The normalized spacial score (nSPS) is 16.5. The minimum absolute atomic E-state index is 0.108. The molecule has 1 aromatic carbocycles. The molecule has 0 radical (unpaired) electrons. The first-order chi connectivity index (χ1) is 11.7. The summed E-state index contributed by atoms with van der Waals surface area (Å²) in [5, 5.41) is 23.0. The summed E-state index contributed by atoms with van der Waals surface area (Å²) < 4.78 is 0. The van der Waals surface area contributed by atoms with E-state index in [1.54, 1.807) is 0 Å². The Morgan fingerprint density at radius 3 is 2.62 bits per heavy atom. The number of benzene rings is 1. The fourth-order valence-corrected chi connectivity index (χ4v) is 3.76. The molecule has 0 amide bonds. The zero-order chi connectivity index (χ0) is 16.9. The summed E-state index contributed by atoms with van der Waals surface area (Å²) >= 11 is 7.27. The van der Waals surface area contributed by atoms with Crippen LogP contribution < -0.4 is 0 Å². The number of likely N-dealkylation sites (tertiary alicyclic amines) is 1. The third-order valence-corrected chi connectivity index (χ3v) is 5.19. The van der Waals surface area contributed by atoms with Gasteiger partial charge in [0.25, 0.3) is 0 Å². The van der Waals surface area contributed by atoms with Gasteiger partial charge >= 0.3 is 0 Å². The molecule has 0 bridgehead atoms. The number of allylic oxidation sites excluding steroid dienone is 1. The van der Waals surface area contributed by atoms with Crippen molar-refractivity contribution in [3.63, 3.8) is 0 Å². The predicted molar refractivity (Wildman–Crippen MR) is 98.0 cm³/mol. The lowest BCUT2D eigenvalue weighted by atomic mass is 10.1. The highest BCUT2D eigenvalue weighted by atomic mass is 35.5. The van der Waals surface area contributed by atoms with Gasteiger partial charge < -0.3 is 5.11 Å². The standard InChI is InChI=1S/C18H18ClN3OS/c19-14-6-4-13(5-7-14)16-12-24-18(21-16)15(10-20)17(23)11-22-8-2-1-3-9-22/h4-7,12,23H,1-3,8-9,11H2. The number of aromatic nitrogens is 1. The molecule has 1 aliphatic heterocycles. The van der Waals surface area contributed by atoms with Gasteiger partial charge in [-0.25, -0.2) is 4.98 Å². The van der Waals surface area contributed by atoms with Crippen molar-refractivity contribution in [1.29, 1.82) is 5.26 Å². The van der Waals surface area contributed by atoms with Crippen LogP contribution in [0.25, 0.3) is 16.8 Å².